The molecule has 0 aromatic heterocycles. The Morgan fingerprint density at radius 3 is 1.00 bits per heavy atom. The molecule has 0 N–H and O–H groups in total. The number of alkyl halides is 6. The van der Waals surface area contributed by atoms with Gasteiger partial charge in [-0.15, -0.1) is 11.1 Å². The Bertz CT molecular complexity index is 128. The van der Waals surface area contributed by atoms with E-state index >= 15 is 0 Å². The highest BCUT2D eigenvalue weighted by molar-refractivity contribution is 7.18. The molecule has 0 aliphatic heterocycles. The van der Waals surface area contributed by atoms with Crippen molar-refractivity contribution in [3.05, 3.63) is 0 Å². The first-order valence-electron chi connectivity index (χ1n) is 2.01. The van der Waals surface area contributed by atoms with Crippen molar-refractivity contribution in [1.29, 1.82) is 0 Å². The first kappa shape index (κ1) is 11.0. The third-order valence-corrected chi connectivity index (χ3v) is 3.42. The van der Waals surface area contributed by atoms with E-state index in [2.05, 4.69) is 11.1 Å². The maximum absolute atomic E-state index is 11.8. The molecule has 0 aliphatic carbocycles. The van der Waals surface area contributed by atoms with E-state index in [1.165, 1.54) is 0 Å². The summed E-state index contributed by atoms with van der Waals surface area (Å²) in [7, 11) is -7.13. The number of rotatable bonds is 0. The zero-order valence-electron chi connectivity index (χ0n) is 4.52. The predicted molar refractivity (Wildman–Crippen MR) is 24.8 cm³/mol. The molecule has 11 heavy (non-hydrogen) atoms. The third-order valence-electron chi connectivity index (χ3n) is 0.712. The SMILES string of the molecule is FC(F)(F)[Si](F)(Cl)C(F)(F)F. The molecular formula is C2ClF7Si. The van der Waals surface area contributed by atoms with Gasteiger partial charge in [-0.2, -0.15) is 26.3 Å². The van der Waals surface area contributed by atoms with Crippen molar-refractivity contribution in [3.8, 4) is 0 Å². The van der Waals surface area contributed by atoms with Gasteiger partial charge in [-0.05, 0) is 0 Å². The van der Waals surface area contributed by atoms with E-state index in [1.54, 1.807) is 0 Å². The molecule has 0 aromatic rings. The van der Waals surface area contributed by atoms with Gasteiger partial charge in [-0.3, -0.25) is 4.11 Å². The van der Waals surface area contributed by atoms with Gasteiger partial charge in [-0.1, -0.05) is 0 Å². The van der Waals surface area contributed by atoms with Gasteiger partial charge < -0.3 is 0 Å². The summed E-state index contributed by atoms with van der Waals surface area (Å²) in [5.74, 6) is -12.0. The Morgan fingerprint density at radius 1 is 0.818 bits per heavy atom. The Hall–Kier alpha value is 0.0169. The first-order valence-corrected chi connectivity index (χ1v) is 4.90. The highest BCUT2D eigenvalue weighted by Crippen LogP contribution is 2.44. The van der Waals surface area contributed by atoms with Crippen LogP contribution in [-0.2, 0) is 0 Å². The zero-order valence-corrected chi connectivity index (χ0v) is 6.28. The van der Waals surface area contributed by atoms with E-state index in [0.29, 0.717) is 0 Å². The van der Waals surface area contributed by atoms with Crippen LogP contribution < -0.4 is 0 Å². The van der Waals surface area contributed by atoms with E-state index < -0.39 is 19.3 Å². The summed E-state index contributed by atoms with van der Waals surface area (Å²) in [4.78, 5) is 0. The number of hydrogen-bond donors (Lipinski definition) is 0. The zero-order chi connectivity index (χ0) is 9.50. The Labute approximate surface area is 61.8 Å². The molecular weight excluding hydrogens is 221 g/mol. The topological polar surface area (TPSA) is 0 Å². The van der Waals surface area contributed by atoms with E-state index in [-0.39, 0.29) is 0 Å². The van der Waals surface area contributed by atoms with Gasteiger partial charge in [-0.25, -0.2) is 0 Å². The molecule has 0 spiro atoms. The van der Waals surface area contributed by atoms with Crippen LogP contribution in [0.4, 0.5) is 30.5 Å². The molecule has 0 aliphatic rings. The fourth-order valence-electron chi connectivity index (χ4n) is 0.161. The second-order valence-electron chi connectivity index (χ2n) is 1.57. The van der Waals surface area contributed by atoms with Crippen molar-refractivity contribution in [2.24, 2.45) is 0 Å². The average Bonchev–Trinajstić information content (AvgIpc) is 1.58. The molecule has 9 heteroatoms. The maximum atomic E-state index is 11.8. The lowest BCUT2D eigenvalue weighted by molar-refractivity contribution is -0.118. The molecule has 0 aromatic carbocycles. The molecule has 0 saturated carbocycles. The normalized spacial score (nSPS) is 15.3. The maximum Gasteiger partial charge on any atom is 0.565 e. The van der Waals surface area contributed by atoms with Crippen molar-refractivity contribution in [2.45, 2.75) is 11.6 Å². The molecule has 0 fully saturated rings. The fourth-order valence-corrected chi connectivity index (χ4v) is 0.482. The van der Waals surface area contributed by atoms with Gasteiger partial charge in [0.2, 0.25) is 0 Å². The van der Waals surface area contributed by atoms with Gasteiger partial charge in [0.05, 0.1) is 0 Å². The standard InChI is InChI=1S/C2ClF7Si/c3-11(10,1(4,5)6)2(7,8)9. The molecule has 0 nitrogen and oxygen atoms in total. The molecule has 0 radical (unpaired) electrons. The van der Waals surface area contributed by atoms with E-state index in [1.807, 2.05) is 0 Å². The molecule has 0 unspecified atom stereocenters. The van der Waals surface area contributed by atoms with Crippen LogP contribution in [0.2, 0.25) is 0 Å². The molecule has 0 rings (SSSR count). The van der Waals surface area contributed by atoms with Crippen molar-refractivity contribution in [2.75, 3.05) is 0 Å². The molecule has 0 heterocycles. The highest BCUT2D eigenvalue weighted by atomic mass is 35.6. The van der Waals surface area contributed by atoms with Crippen LogP contribution >= 0.6 is 11.1 Å². The van der Waals surface area contributed by atoms with Gasteiger partial charge in [0.25, 0.3) is 0 Å². The molecule has 68 valence electrons. The lowest BCUT2D eigenvalue weighted by Gasteiger charge is -2.19. The van der Waals surface area contributed by atoms with Gasteiger partial charge in [0.1, 0.15) is 0 Å². The van der Waals surface area contributed by atoms with E-state index in [0.717, 1.165) is 0 Å². The lowest BCUT2D eigenvalue weighted by Crippen LogP contribution is -2.54. The Morgan fingerprint density at radius 2 is 1.00 bits per heavy atom. The van der Waals surface area contributed by atoms with Crippen LogP contribution in [0.5, 0.6) is 0 Å². The molecule has 0 saturated heterocycles. The summed E-state index contributed by atoms with van der Waals surface area (Å²) in [6.45, 7) is 0. The largest absolute Gasteiger partial charge is 0.565 e. The minimum absolute atomic E-state index is 3.71. The summed E-state index contributed by atoms with van der Waals surface area (Å²) in [6.07, 6.45) is 0. The minimum atomic E-state index is -7.13. The van der Waals surface area contributed by atoms with Gasteiger partial charge in [0, 0.05) is 0 Å². The third kappa shape index (κ3) is 1.98. The quantitative estimate of drug-likeness (QED) is 0.335. The summed E-state index contributed by atoms with van der Waals surface area (Å²) in [6, 6.07) is 0. The van der Waals surface area contributed by atoms with E-state index in [9.17, 15) is 30.5 Å². The highest BCUT2D eigenvalue weighted by Gasteiger charge is 2.77. The summed E-state index contributed by atoms with van der Waals surface area (Å²) < 4.78 is 78.7. The molecule has 0 bridgehead atoms. The van der Waals surface area contributed by atoms with Crippen molar-refractivity contribution in [1.82, 2.24) is 0 Å². The van der Waals surface area contributed by atoms with Crippen LogP contribution in [0.3, 0.4) is 0 Å². The lowest BCUT2D eigenvalue weighted by atomic mass is 11.5. The number of hydrogen-bond acceptors (Lipinski definition) is 0. The van der Waals surface area contributed by atoms with Crippen LogP contribution in [0.1, 0.15) is 0 Å². The summed E-state index contributed by atoms with van der Waals surface area (Å²) >= 11 is 3.71. The van der Waals surface area contributed by atoms with Crippen molar-refractivity contribution in [3.63, 3.8) is 0 Å². The van der Waals surface area contributed by atoms with Crippen LogP contribution in [0, 0.1) is 0 Å². The Kier molecular flexibility index (Phi) is 2.51. The fraction of sp³-hybridized carbons (Fsp3) is 1.00. The van der Waals surface area contributed by atoms with Gasteiger partial charge in [0.15, 0.2) is 0 Å². The van der Waals surface area contributed by atoms with E-state index in [4.69, 9.17) is 0 Å². The van der Waals surface area contributed by atoms with Crippen molar-refractivity contribution >= 4 is 18.8 Å². The second kappa shape index (κ2) is 2.51. The van der Waals surface area contributed by atoms with Crippen molar-refractivity contribution < 1.29 is 30.5 Å². The molecule has 0 amide bonds. The summed E-state index contributed by atoms with van der Waals surface area (Å²) in [5, 5.41) is 0. The minimum Gasteiger partial charge on any atom is -0.272 e. The molecule has 0 atom stereocenters. The smallest absolute Gasteiger partial charge is 0.272 e. The van der Waals surface area contributed by atoms with Crippen LogP contribution in [-0.4, -0.2) is 19.3 Å². The number of halogens is 8. The Balaban J connectivity index is 4.75. The predicted octanol–water partition coefficient (Wildman–Crippen LogP) is 2.84. The van der Waals surface area contributed by atoms with Crippen LogP contribution in [0.25, 0.3) is 0 Å². The average molecular weight is 221 g/mol. The van der Waals surface area contributed by atoms with Gasteiger partial charge >= 0.3 is 19.3 Å². The summed E-state index contributed by atoms with van der Waals surface area (Å²) in [5.41, 5.74) is 0. The first-order chi connectivity index (χ1) is 4.50. The van der Waals surface area contributed by atoms with Crippen LogP contribution in [0.15, 0.2) is 0 Å². The second-order valence-corrected chi connectivity index (χ2v) is 5.42. The monoisotopic (exact) mass is 220 g/mol.